The average Bonchev–Trinajstić information content (AvgIpc) is 3.71. The monoisotopic (exact) mass is 771 g/mol. The third kappa shape index (κ3) is 8.24. The predicted molar refractivity (Wildman–Crippen MR) is 215 cm³/mol. The summed E-state index contributed by atoms with van der Waals surface area (Å²) in [5.41, 5.74) is 6.26. The summed E-state index contributed by atoms with van der Waals surface area (Å²) in [6.45, 7) is 5.73. The number of aromatic nitrogens is 4. The van der Waals surface area contributed by atoms with E-state index < -0.39 is 6.09 Å². The standard InChI is InChI=1S/C42H45N9O6/c1-55-34-11-3-29(4-12-34)27-50(28-30-5-13-35(56-2)14-6-30)40-43-25-32(26-44-40)37-36-15-16-51(38(36)46-41(45-37)48-21-23-57-24-22-48)33-9-7-31(8-10-33)39(52)47-17-19-49(20-18-47)42(53)54/h3-14,25-26H,15-24,27-28H2,1-2H3,(H,53,54). The molecular formula is C42H45N9O6. The van der Waals surface area contributed by atoms with Crippen molar-refractivity contribution < 1.29 is 28.9 Å². The van der Waals surface area contributed by atoms with E-state index in [-0.39, 0.29) is 5.91 Å². The number of hydrogen-bond acceptors (Lipinski definition) is 12. The Hall–Kier alpha value is -6.48. The molecule has 3 aliphatic rings. The van der Waals surface area contributed by atoms with Crippen LogP contribution < -0.4 is 24.2 Å². The number of carboxylic acid groups (broad SMARTS) is 1. The van der Waals surface area contributed by atoms with Crippen LogP contribution >= 0.6 is 0 Å². The molecule has 1 N–H and O–H groups in total. The van der Waals surface area contributed by atoms with E-state index in [2.05, 4.69) is 14.7 Å². The van der Waals surface area contributed by atoms with Crippen molar-refractivity contribution >= 4 is 35.4 Å². The van der Waals surface area contributed by atoms with E-state index in [1.807, 2.05) is 85.2 Å². The number of carbonyl (C=O) groups excluding carboxylic acids is 1. The number of methoxy groups -OCH3 is 2. The van der Waals surface area contributed by atoms with Crippen LogP contribution in [0.1, 0.15) is 27.0 Å². The number of rotatable bonds is 11. The van der Waals surface area contributed by atoms with E-state index in [4.69, 9.17) is 34.1 Å². The Balaban J connectivity index is 1.07. The van der Waals surface area contributed by atoms with Crippen molar-refractivity contribution in [3.8, 4) is 22.8 Å². The number of anilines is 4. The molecule has 0 radical (unpaired) electrons. The molecule has 0 saturated carbocycles. The third-order valence-corrected chi connectivity index (χ3v) is 10.6. The fourth-order valence-electron chi connectivity index (χ4n) is 7.41. The SMILES string of the molecule is COc1ccc(CN(Cc2ccc(OC)cc2)c2ncc(-c3nc(N4CCOCC4)nc4c3CCN4c3ccc(C(=O)N4CCN(C(=O)O)CC4)cc3)cn2)cc1. The molecule has 0 aliphatic carbocycles. The van der Waals surface area contributed by atoms with Crippen LogP contribution in [0, 0.1) is 0 Å². The van der Waals surface area contributed by atoms with Crippen molar-refractivity contribution in [3.05, 3.63) is 107 Å². The number of nitrogens with zero attached hydrogens (tertiary/aromatic N) is 9. The van der Waals surface area contributed by atoms with Crippen LogP contribution in [-0.2, 0) is 24.2 Å². The molecule has 0 spiro atoms. The molecular weight excluding hydrogens is 727 g/mol. The maximum atomic E-state index is 13.3. The summed E-state index contributed by atoms with van der Waals surface area (Å²) in [7, 11) is 3.32. The summed E-state index contributed by atoms with van der Waals surface area (Å²) >= 11 is 0. The van der Waals surface area contributed by atoms with Gasteiger partial charge >= 0.3 is 6.09 Å². The van der Waals surface area contributed by atoms with E-state index in [1.165, 1.54) is 4.90 Å². The number of fused-ring (bicyclic) bond motifs is 1. The summed E-state index contributed by atoms with van der Waals surface area (Å²) in [5, 5.41) is 9.29. The Morgan fingerprint density at radius 2 is 1.32 bits per heavy atom. The number of hydrogen-bond donors (Lipinski definition) is 1. The molecule has 0 unspecified atom stereocenters. The molecule has 3 aliphatic heterocycles. The Kier molecular flexibility index (Phi) is 11.0. The van der Waals surface area contributed by atoms with Gasteiger partial charge in [0.1, 0.15) is 17.3 Å². The second kappa shape index (κ2) is 16.7. The van der Waals surface area contributed by atoms with Crippen molar-refractivity contribution in [1.29, 1.82) is 0 Å². The average molecular weight is 772 g/mol. The molecule has 57 heavy (non-hydrogen) atoms. The molecule has 2 amide bonds. The van der Waals surface area contributed by atoms with E-state index in [0.29, 0.717) is 96.0 Å². The van der Waals surface area contributed by atoms with Gasteiger partial charge in [0.15, 0.2) is 0 Å². The lowest BCUT2D eigenvalue weighted by Gasteiger charge is -2.33. The van der Waals surface area contributed by atoms with Gasteiger partial charge in [0.2, 0.25) is 11.9 Å². The largest absolute Gasteiger partial charge is 0.497 e. The van der Waals surface area contributed by atoms with Crippen LogP contribution in [0.25, 0.3) is 11.3 Å². The maximum absolute atomic E-state index is 13.3. The number of carbonyl (C=O) groups is 2. The molecule has 0 bridgehead atoms. The molecule has 8 rings (SSSR count). The molecule has 2 saturated heterocycles. The first-order chi connectivity index (χ1) is 27.9. The highest BCUT2D eigenvalue weighted by atomic mass is 16.5. The Bertz CT molecular complexity index is 2120. The van der Waals surface area contributed by atoms with Gasteiger partial charge in [-0.15, -0.1) is 0 Å². The number of piperazine rings is 1. The van der Waals surface area contributed by atoms with Crippen molar-refractivity contribution in [2.45, 2.75) is 19.5 Å². The first-order valence-corrected chi connectivity index (χ1v) is 19.1. The smallest absolute Gasteiger partial charge is 0.407 e. The lowest BCUT2D eigenvalue weighted by Crippen LogP contribution is -2.50. The fraction of sp³-hybridized carbons (Fsp3) is 0.333. The minimum atomic E-state index is -0.959. The van der Waals surface area contributed by atoms with Gasteiger partial charge in [0.05, 0.1) is 33.1 Å². The Morgan fingerprint density at radius 3 is 1.88 bits per heavy atom. The highest BCUT2D eigenvalue weighted by Crippen LogP contribution is 2.39. The lowest BCUT2D eigenvalue weighted by molar-refractivity contribution is 0.0625. The molecule has 0 atom stereocenters. The van der Waals surface area contributed by atoms with Gasteiger partial charge in [-0.25, -0.2) is 19.7 Å². The Labute approximate surface area is 331 Å². The van der Waals surface area contributed by atoms with Gasteiger partial charge in [-0.05, 0) is 66.1 Å². The van der Waals surface area contributed by atoms with Gasteiger partial charge in [-0.3, -0.25) is 4.79 Å². The minimum absolute atomic E-state index is 0.109. The van der Waals surface area contributed by atoms with Gasteiger partial charge in [-0.1, -0.05) is 24.3 Å². The van der Waals surface area contributed by atoms with Crippen LogP contribution in [0.15, 0.2) is 85.2 Å². The number of benzene rings is 3. The van der Waals surface area contributed by atoms with Crippen molar-refractivity contribution in [1.82, 2.24) is 29.7 Å². The first-order valence-electron chi connectivity index (χ1n) is 19.1. The highest BCUT2D eigenvalue weighted by molar-refractivity contribution is 5.95. The molecule has 15 nitrogen and oxygen atoms in total. The molecule has 294 valence electrons. The molecule has 15 heteroatoms. The van der Waals surface area contributed by atoms with Gasteiger partial charge in [0, 0.05) is 93.7 Å². The van der Waals surface area contributed by atoms with Crippen molar-refractivity contribution in [2.24, 2.45) is 0 Å². The topological polar surface area (TPSA) is 150 Å². The molecule has 3 aromatic carbocycles. The third-order valence-electron chi connectivity index (χ3n) is 10.6. The van der Waals surface area contributed by atoms with Crippen LogP contribution in [0.5, 0.6) is 11.5 Å². The summed E-state index contributed by atoms with van der Waals surface area (Å²) in [5.74, 6) is 3.51. The summed E-state index contributed by atoms with van der Waals surface area (Å²) in [4.78, 5) is 54.3. The van der Waals surface area contributed by atoms with E-state index in [1.54, 1.807) is 19.1 Å². The Morgan fingerprint density at radius 1 is 0.737 bits per heavy atom. The van der Waals surface area contributed by atoms with Crippen molar-refractivity contribution in [2.75, 3.05) is 87.9 Å². The molecule has 5 aromatic rings. The van der Waals surface area contributed by atoms with E-state index in [9.17, 15) is 14.7 Å². The summed E-state index contributed by atoms with van der Waals surface area (Å²) < 4.78 is 16.4. The van der Waals surface area contributed by atoms with Gasteiger partial charge in [0.25, 0.3) is 5.91 Å². The van der Waals surface area contributed by atoms with Crippen LogP contribution in [0.4, 0.5) is 28.2 Å². The quantitative estimate of drug-likeness (QED) is 0.189. The van der Waals surface area contributed by atoms with Crippen LogP contribution in [0.2, 0.25) is 0 Å². The molecule has 2 aromatic heterocycles. The lowest BCUT2D eigenvalue weighted by atomic mass is 10.1. The van der Waals surface area contributed by atoms with Crippen molar-refractivity contribution in [3.63, 3.8) is 0 Å². The number of morpholine rings is 1. The zero-order valence-electron chi connectivity index (χ0n) is 32.1. The first kappa shape index (κ1) is 37.4. The summed E-state index contributed by atoms with van der Waals surface area (Å²) in [6, 6.07) is 23.6. The predicted octanol–water partition coefficient (Wildman–Crippen LogP) is 5.12. The second-order valence-electron chi connectivity index (χ2n) is 14.1. The second-order valence-corrected chi connectivity index (χ2v) is 14.1. The number of ether oxygens (including phenoxy) is 3. The molecule has 5 heterocycles. The van der Waals surface area contributed by atoms with Crippen LogP contribution in [-0.4, -0.2) is 120 Å². The number of amides is 2. The zero-order valence-corrected chi connectivity index (χ0v) is 32.1. The highest BCUT2D eigenvalue weighted by Gasteiger charge is 2.30. The van der Waals surface area contributed by atoms with E-state index in [0.717, 1.165) is 51.0 Å². The van der Waals surface area contributed by atoms with Crippen LogP contribution in [0.3, 0.4) is 0 Å². The molecule has 2 fully saturated rings. The minimum Gasteiger partial charge on any atom is -0.497 e. The summed E-state index contributed by atoms with van der Waals surface area (Å²) in [6.07, 6.45) is 3.45. The normalized spacial score (nSPS) is 15.3. The van der Waals surface area contributed by atoms with Gasteiger partial charge < -0.3 is 43.8 Å². The zero-order chi connectivity index (χ0) is 39.3. The maximum Gasteiger partial charge on any atom is 0.407 e. The van der Waals surface area contributed by atoms with Gasteiger partial charge in [-0.2, -0.15) is 4.98 Å². The fourth-order valence-corrected chi connectivity index (χ4v) is 7.41. The van der Waals surface area contributed by atoms with E-state index >= 15 is 0 Å².